The van der Waals surface area contributed by atoms with E-state index in [0.29, 0.717) is 6.54 Å². The molecule has 168 valence electrons. The molecule has 0 aromatic carbocycles. The first kappa shape index (κ1) is 21.1. The highest BCUT2D eigenvalue weighted by Gasteiger charge is 2.29. The fraction of sp³-hybridized carbons (Fsp3) is 0.350. The molecule has 2 unspecified atom stereocenters. The third-order valence-corrected chi connectivity index (χ3v) is 8.34. The maximum absolute atomic E-state index is 12.3. The molecule has 0 aliphatic carbocycles. The van der Waals surface area contributed by atoms with Gasteiger partial charge in [-0.2, -0.15) is 14.7 Å². The van der Waals surface area contributed by atoms with Crippen molar-refractivity contribution in [3.05, 3.63) is 36.3 Å². The van der Waals surface area contributed by atoms with Crippen LogP contribution >= 0.6 is 11.3 Å². The first-order valence-electron chi connectivity index (χ1n) is 10.3. The van der Waals surface area contributed by atoms with Gasteiger partial charge < -0.3 is 16.0 Å². The van der Waals surface area contributed by atoms with Crippen LogP contribution in [0.15, 0.2) is 34.9 Å². The zero-order valence-corrected chi connectivity index (χ0v) is 19.7. The number of rotatable bonds is 7. The van der Waals surface area contributed by atoms with Crippen LogP contribution in [0.5, 0.6) is 0 Å². The van der Waals surface area contributed by atoms with Gasteiger partial charge in [0.25, 0.3) is 0 Å². The van der Waals surface area contributed by atoms with Crippen molar-refractivity contribution in [1.29, 1.82) is 0 Å². The Morgan fingerprint density at radius 1 is 1.31 bits per heavy atom. The highest BCUT2D eigenvalue weighted by Crippen LogP contribution is 2.35. The maximum atomic E-state index is 12.3. The van der Waals surface area contributed by atoms with Crippen LogP contribution in [0.2, 0.25) is 0 Å². The van der Waals surface area contributed by atoms with Gasteiger partial charge in [-0.3, -0.25) is 4.68 Å². The predicted molar refractivity (Wildman–Crippen MR) is 128 cm³/mol. The SMILES string of the molecule is CNS(=O)c1sc(Nc2cc(N3CCC3CN)nc3c(-c4cnn(C)c4)cnn23)cc1C. The summed E-state index contributed by atoms with van der Waals surface area (Å²) in [5, 5.41) is 13.3. The summed E-state index contributed by atoms with van der Waals surface area (Å²) >= 11 is 1.46. The van der Waals surface area contributed by atoms with E-state index in [2.05, 4.69) is 25.1 Å². The molecule has 1 fully saturated rings. The Bertz CT molecular complexity index is 1310. The minimum Gasteiger partial charge on any atom is -0.352 e. The molecule has 0 spiro atoms. The molecular weight excluding hydrogens is 446 g/mol. The molecule has 2 atom stereocenters. The predicted octanol–water partition coefficient (Wildman–Crippen LogP) is 2.02. The first-order chi connectivity index (χ1) is 15.5. The van der Waals surface area contributed by atoms with Crippen LogP contribution in [0.3, 0.4) is 0 Å². The van der Waals surface area contributed by atoms with Gasteiger partial charge in [-0.15, -0.1) is 11.3 Å². The van der Waals surface area contributed by atoms with Crippen molar-refractivity contribution in [3.63, 3.8) is 0 Å². The van der Waals surface area contributed by atoms with Gasteiger partial charge in [0.05, 0.1) is 17.4 Å². The fourth-order valence-electron chi connectivity index (χ4n) is 3.87. The van der Waals surface area contributed by atoms with Gasteiger partial charge in [-0.05, 0) is 32.0 Å². The van der Waals surface area contributed by atoms with Crippen molar-refractivity contribution in [2.24, 2.45) is 12.8 Å². The van der Waals surface area contributed by atoms with Gasteiger partial charge in [-0.25, -0.2) is 13.9 Å². The number of nitrogens with two attached hydrogens (primary N) is 1. The number of aryl methyl sites for hydroxylation is 2. The van der Waals surface area contributed by atoms with Crippen LogP contribution < -0.4 is 20.7 Å². The van der Waals surface area contributed by atoms with E-state index in [0.717, 1.165) is 56.1 Å². The topological polar surface area (TPSA) is 118 Å². The molecule has 1 aliphatic rings. The molecule has 0 bridgehead atoms. The second kappa shape index (κ2) is 8.28. The molecular formula is C20H25N9OS2. The summed E-state index contributed by atoms with van der Waals surface area (Å²) in [6.07, 6.45) is 6.63. The van der Waals surface area contributed by atoms with Gasteiger partial charge in [0.2, 0.25) is 0 Å². The van der Waals surface area contributed by atoms with Crippen LogP contribution in [0.4, 0.5) is 16.6 Å². The molecule has 0 amide bonds. The van der Waals surface area contributed by atoms with Gasteiger partial charge in [0, 0.05) is 49.6 Å². The summed E-state index contributed by atoms with van der Waals surface area (Å²) in [7, 11) is 2.34. The van der Waals surface area contributed by atoms with Crippen LogP contribution in [0.25, 0.3) is 16.8 Å². The molecule has 12 heteroatoms. The Morgan fingerprint density at radius 2 is 2.16 bits per heavy atom. The summed E-state index contributed by atoms with van der Waals surface area (Å²) in [6.45, 7) is 3.47. The molecule has 4 aromatic heterocycles. The largest absolute Gasteiger partial charge is 0.352 e. The van der Waals surface area contributed by atoms with Gasteiger partial charge in [0.15, 0.2) is 5.65 Å². The van der Waals surface area contributed by atoms with E-state index >= 15 is 0 Å². The minimum atomic E-state index is -1.23. The Hall–Kier alpha value is -2.80. The quantitative estimate of drug-likeness (QED) is 0.377. The maximum Gasteiger partial charge on any atom is 0.167 e. The second-order valence-corrected chi connectivity index (χ2v) is 10.4. The molecule has 32 heavy (non-hydrogen) atoms. The van der Waals surface area contributed by atoms with Crippen molar-refractivity contribution in [1.82, 2.24) is 29.1 Å². The third kappa shape index (κ3) is 3.58. The first-order valence-corrected chi connectivity index (χ1v) is 12.3. The number of hydrogen-bond donors (Lipinski definition) is 3. The van der Waals surface area contributed by atoms with Gasteiger partial charge in [-0.1, -0.05) is 0 Å². The van der Waals surface area contributed by atoms with Crippen LogP contribution in [0, 0.1) is 6.92 Å². The smallest absolute Gasteiger partial charge is 0.167 e. The average molecular weight is 472 g/mol. The lowest BCUT2D eigenvalue weighted by atomic mass is 10.0. The Balaban J connectivity index is 1.61. The zero-order chi connectivity index (χ0) is 22.4. The van der Waals surface area contributed by atoms with Crippen LogP contribution in [-0.2, 0) is 18.0 Å². The monoisotopic (exact) mass is 471 g/mol. The Morgan fingerprint density at radius 3 is 2.81 bits per heavy atom. The lowest BCUT2D eigenvalue weighted by Crippen LogP contribution is -2.52. The number of nitrogens with one attached hydrogen (secondary N) is 2. The van der Waals surface area contributed by atoms with Crippen molar-refractivity contribution in [3.8, 4) is 11.1 Å². The van der Waals surface area contributed by atoms with E-state index in [1.54, 1.807) is 16.2 Å². The van der Waals surface area contributed by atoms with Gasteiger partial charge >= 0.3 is 0 Å². The lowest BCUT2D eigenvalue weighted by Gasteiger charge is -2.41. The number of thiophene rings is 1. The van der Waals surface area contributed by atoms with Crippen molar-refractivity contribution < 1.29 is 4.21 Å². The molecule has 5 heterocycles. The molecule has 0 radical (unpaired) electrons. The second-order valence-electron chi connectivity index (χ2n) is 7.75. The van der Waals surface area contributed by atoms with E-state index in [4.69, 9.17) is 10.7 Å². The van der Waals surface area contributed by atoms with Crippen LogP contribution in [0.1, 0.15) is 12.0 Å². The fourth-order valence-corrected chi connectivity index (χ4v) is 6.04. The normalized spacial score (nSPS) is 17.0. The molecule has 0 saturated carbocycles. The summed E-state index contributed by atoms with van der Waals surface area (Å²) in [5.74, 6) is 1.64. The number of nitrogens with zero attached hydrogens (tertiary/aromatic N) is 6. The third-order valence-electron chi connectivity index (χ3n) is 5.66. The standard InChI is InChI=1S/C20H25N9OS2/c1-12-6-18(31-20(12)32(30)22-2)25-17-7-16(28-5-4-14(28)8-21)26-19-15(10-24-29(17)19)13-9-23-27(3)11-13/h6-7,9-11,14,22,25H,4-5,8,21H2,1-3H3. The average Bonchev–Trinajstić information content (AvgIpc) is 3.45. The Kier molecular flexibility index (Phi) is 5.45. The van der Waals surface area contributed by atoms with Crippen molar-refractivity contribution in [2.45, 2.75) is 23.6 Å². The summed E-state index contributed by atoms with van der Waals surface area (Å²) in [6, 6.07) is 4.29. The summed E-state index contributed by atoms with van der Waals surface area (Å²) in [4.78, 5) is 7.17. The summed E-state index contributed by atoms with van der Waals surface area (Å²) < 4.78 is 19.4. The van der Waals surface area contributed by atoms with E-state index in [1.165, 1.54) is 11.3 Å². The number of hydrogen-bond acceptors (Lipinski definition) is 8. The number of anilines is 3. The number of fused-ring (bicyclic) bond motifs is 1. The van der Waals surface area contributed by atoms with E-state index < -0.39 is 11.0 Å². The van der Waals surface area contributed by atoms with E-state index in [-0.39, 0.29) is 6.04 Å². The minimum absolute atomic E-state index is 0.288. The lowest BCUT2D eigenvalue weighted by molar-refractivity contribution is 0.452. The molecule has 5 rings (SSSR count). The highest BCUT2D eigenvalue weighted by atomic mass is 32.2. The number of aromatic nitrogens is 5. The van der Waals surface area contributed by atoms with Crippen molar-refractivity contribution >= 4 is 44.6 Å². The molecule has 1 aliphatic heterocycles. The van der Waals surface area contributed by atoms with Gasteiger partial charge in [0.1, 0.15) is 26.8 Å². The zero-order valence-electron chi connectivity index (χ0n) is 18.1. The molecule has 1 saturated heterocycles. The molecule has 4 aromatic rings. The molecule has 10 nitrogen and oxygen atoms in total. The van der Waals surface area contributed by atoms with E-state index in [1.807, 2.05) is 44.7 Å². The van der Waals surface area contributed by atoms with Crippen LogP contribution in [-0.4, -0.2) is 54.8 Å². The van der Waals surface area contributed by atoms with Crippen molar-refractivity contribution in [2.75, 3.05) is 30.4 Å². The Labute approximate surface area is 192 Å². The highest BCUT2D eigenvalue weighted by molar-refractivity contribution is 7.85. The van der Waals surface area contributed by atoms with E-state index in [9.17, 15) is 4.21 Å². The molecule has 4 N–H and O–H groups in total. The summed E-state index contributed by atoms with van der Waals surface area (Å²) in [5.41, 5.74) is 9.53.